The number of pyridine rings is 1. The van der Waals surface area contributed by atoms with Crippen LogP contribution >= 0.6 is 11.6 Å². The third kappa shape index (κ3) is 2.00. The van der Waals surface area contributed by atoms with Crippen molar-refractivity contribution in [1.82, 2.24) is 4.98 Å². The average Bonchev–Trinajstić information content (AvgIpc) is 2.74. The van der Waals surface area contributed by atoms with Crippen molar-refractivity contribution in [3.63, 3.8) is 0 Å². The molecule has 2 aromatic rings. The first-order chi connectivity index (χ1) is 8.24. The molecule has 0 aromatic carbocycles. The van der Waals surface area contributed by atoms with Crippen LogP contribution in [0.3, 0.4) is 0 Å². The lowest BCUT2D eigenvalue weighted by Crippen LogP contribution is -2.35. The van der Waals surface area contributed by atoms with Gasteiger partial charge in [-0.05, 0) is 30.9 Å². The minimum atomic E-state index is 0.381. The van der Waals surface area contributed by atoms with Crippen molar-refractivity contribution in [2.45, 2.75) is 18.2 Å². The van der Waals surface area contributed by atoms with E-state index in [1.807, 2.05) is 12.1 Å². The summed E-state index contributed by atoms with van der Waals surface area (Å²) in [5, 5.41) is 1.46. The maximum atomic E-state index is 6.00. The molecule has 0 amide bonds. The van der Waals surface area contributed by atoms with Gasteiger partial charge in [-0.2, -0.15) is 0 Å². The van der Waals surface area contributed by atoms with Crippen molar-refractivity contribution in [3.8, 4) is 0 Å². The second kappa shape index (κ2) is 4.22. The number of anilines is 1. The highest BCUT2D eigenvalue weighted by molar-refractivity contribution is 6.21. The summed E-state index contributed by atoms with van der Waals surface area (Å²) in [6.07, 6.45) is 5.74. The lowest BCUT2D eigenvalue weighted by Gasteiger charge is -2.34. The second-order valence-electron chi connectivity index (χ2n) is 4.78. The van der Waals surface area contributed by atoms with Crippen molar-refractivity contribution >= 4 is 28.4 Å². The molecule has 0 radical (unpaired) electrons. The quantitative estimate of drug-likeness (QED) is 0.783. The van der Waals surface area contributed by atoms with Crippen molar-refractivity contribution in [2.24, 2.45) is 5.92 Å². The van der Waals surface area contributed by atoms with Gasteiger partial charge >= 0.3 is 0 Å². The van der Waals surface area contributed by atoms with Crippen LogP contribution in [0.25, 0.3) is 11.0 Å². The number of hydrogen-bond donors (Lipinski definition) is 0. The molecule has 0 bridgehead atoms. The molecule has 3 nitrogen and oxygen atoms in total. The Morgan fingerprint density at radius 3 is 3.06 bits per heavy atom. The van der Waals surface area contributed by atoms with Crippen molar-refractivity contribution in [1.29, 1.82) is 0 Å². The summed E-state index contributed by atoms with van der Waals surface area (Å²) in [7, 11) is 2.08. The molecular weight excluding hydrogens is 236 g/mol. The van der Waals surface area contributed by atoms with Crippen LogP contribution < -0.4 is 4.90 Å². The van der Waals surface area contributed by atoms with Crippen LogP contribution in [-0.4, -0.2) is 24.0 Å². The van der Waals surface area contributed by atoms with Crippen LogP contribution in [-0.2, 0) is 0 Å². The van der Waals surface area contributed by atoms with Crippen LogP contribution in [0.1, 0.15) is 12.8 Å². The van der Waals surface area contributed by atoms with Gasteiger partial charge in [0.05, 0.1) is 11.6 Å². The molecule has 2 aromatic heterocycles. The van der Waals surface area contributed by atoms with E-state index in [9.17, 15) is 0 Å². The fraction of sp³-hybridized carbons (Fsp3) is 0.462. The minimum Gasteiger partial charge on any atom is -0.464 e. The van der Waals surface area contributed by atoms with Gasteiger partial charge in [-0.3, -0.25) is 0 Å². The number of aromatic nitrogens is 1. The average molecular weight is 251 g/mol. The molecule has 1 saturated carbocycles. The van der Waals surface area contributed by atoms with Gasteiger partial charge in [-0.15, -0.1) is 11.6 Å². The van der Waals surface area contributed by atoms with Crippen LogP contribution in [0, 0.1) is 5.92 Å². The molecule has 1 aliphatic carbocycles. The fourth-order valence-electron chi connectivity index (χ4n) is 2.46. The van der Waals surface area contributed by atoms with Gasteiger partial charge in [0.2, 0.25) is 0 Å². The third-order valence-electron chi connectivity index (χ3n) is 3.43. The van der Waals surface area contributed by atoms with E-state index in [-0.39, 0.29) is 0 Å². The highest BCUT2D eigenvalue weighted by atomic mass is 35.5. The molecule has 0 atom stereocenters. The minimum absolute atomic E-state index is 0.381. The molecule has 17 heavy (non-hydrogen) atoms. The Kier molecular flexibility index (Phi) is 2.71. The lowest BCUT2D eigenvalue weighted by atomic mass is 9.84. The maximum absolute atomic E-state index is 6.00. The van der Waals surface area contributed by atoms with E-state index in [4.69, 9.17) is 16.0 Å². The standard InChI is InChI=1S/C13H15ClN2O/c1-16(8-9-6-10(14)7-9)13-11-3-5-17-12(11)2-4-15-13/h2-5,9-10H,6-8H2,1H3. The predicted octanol–water partition coefficient (Wildman–Crippen LogP) is 3.28. The number of fused-ring (bicyclic) bond motifs is 1. The molecule has 90 valence electrons. The zero-order valence-electron chi connectivity index (χ0n) is 9.77. The number of hydrogen-bond acceptors (Lipinski definition) is 3. The summed E-state index contributed by atoms with van der Waals surface area (Å²) in [5.74, 6) is 1.70. The number of nitrogens with zero attached hydrogens (tertiary/aromatic N) is 2. The summed E-state index contributed by atoms with van der Waals surface area (Å²) in [6.45, 7) is 1.01. The fourth-order valence-corrected chi connectivity index (χ4v) is 2.97. The van der Waals surface area contributed by atoms with Crippen molar-refractivity contribution in [2.75, 3.05) is 18.5 Å². The van der Waals surface area contributed by atoms with E-state index in [1.165, 1.54) is 0 Å². The third-order valence-corrected chi connectivity index (χ3v) is 3.79. The SMILES string of the molecule is CN(CC1CC(Cl)C1)c1nccc2occc12. The number of halogens is 1. The van der Waals surface area contributed by atoms with Crippen LogP contribution in [0.2, 0.25) is 0 Å². The Bertz CT molecular complexity index is 519. The molecule has 1 fully saturated rings. The normalized spacial score (nSPS) is 23.6. The number of furan rings is 1. The maximum Gasteiger partial charge on any atom is 0.139 e. The summed E-state index contributed by atoms with van der Waals surface area (Å²) in [6, 6.07) is 3.87. The topological polar surface area (TPSA) is 29.3 Å². The van der Waals surface area contributed by atoms with Crippen molar-refractivity contribution < 1.29 is 4.42 Å². The highest BCUT2D eigenvalue weighted by Gasteiger charge is 2.28. The van der Waals surface area contributed by atoms with Gasteiger partial charge in [-0.1, -0.05) is 0 Å². The molecule has 0 saturated heterocycles. The first-order valence-corrected chi connectivity index (χ1v) is 6.35. The number of rotatable bonds is 3. The van der Waals surface area contributed by atoms with E-state index >= 15 is 0 Å². The first-order valence-electron chi connectivity index (χ1n) is 5.91. The smallest absolute Gasteiger partial charge is 0.139 e. The molecular formula is C13H15ClN2O. The summed E-state index contributed by atoms with van der Waals surface area (Å²) >= 11 is 6.00. The zero-order chi connectivity index (χ0) is 11.8. The van der Waals surface area contributed by atoms with Gasteiger partial charge in [0, 0.05) is 25.2 Å². The van der Waals surface area contributed by atoms with E-state index in [0.717, 1.165) is 36.2 Å². The molecule has 1 aliphatic rings. The van der Waals surface area contributed by atoms with E-state index in [0.29, 0.717) is 11.3 Å². The molecule has 0 aliphatic heterocycles. The number of alkyl halides is 1. The van der Waals surface area contributed by atoms with Crippen LogP contribution in [0.4, 0.5) is 5.82 Å². The predicted molar refractivity (Wildman–Crippen MR) is 69.6 cm³/mol. The first kappa shape index (κ1) is 10.9. The van der Waals surface area contributed by atoms with Crippen LogP contribution in [0.5, 0.6) is 0 Å². The van der Waals surface area contributed by atoms with Gasteiger partial charge in [0.15, 0.2) is 0 Å². The largest absolute Gasteiger partial charge is 0.464 e. The summed E-state index contributed by atoms with van der Waals surface area (Å²) in [4.78, 5) is 6.64. The zero-order valence-corrected chi connectivity index (χ0v) is 10.5. The van der Waals surface area contributed by atoms with E-state index in [1.54, 1.807) is 12.5 Å². The molecule has 4 heteroatoms. The molecule has 0 spiro atoms. The Balaban J connectivity index is 1.80. The van der Waals surface area contributed by atoms with E-state index < -0.39 is 0 Å². The highest BCUT2D eigenvalue weighted by Crippen LogP contribution is 2.34. The van der Waals surface area contributed by atoms with Crippen molar-refractivity contribution in [3.05, 3.63) is 24.6 Å². The van der Waals surface area contributed by atoms with Gasteiger partial charge in [0.1, 0.15) is 11.4 Å². The Morgan fingerprint density at radius 2 is 2.29 bits per heavy atom. The Hall–Kier alpha value is -1.22. The van der Waals surface area contributed by atoms with Crippen LogP contribution in [0.15, 0.2) is 29.0 Å². The molecule has 0 unspecified atom stereocenters. The molecule has 0 N–H and O–H groups in total. The van der Waals surface area contributed by atoms with Gasteiger partial charge in [0.25, 0.3) is 0 Å². The monoisotopic (exact) mass is 250 g/mol. The molecule has 2 heterocycles. The van der Waals surface area contributed by atoms with Gasteiger partial charge in [-0.25, -0.2) is 4.98 Å². The summed E-state index contributed by atoms with van der Waals surface area (Å²) in [5.41, 5.74) is 0.894. The van der Waals surface area contributed by atoms with E-state index in [2.05, 4.69) is 16.9 Å². The second-order valence-corrected chi connectivity index (χ2v) is 5.40. The van der Waals surface area contributed by atoms with Gasteiger partial charge < -0.3 is 9.32 Å². The Labute approximate surface area is 105 Å². The summed E-state index contributed by atoms with van der Waals surface area (Å²) < 4.78 is 5.38. The molecule has 3 rings (SSSR count). The Morgan fingerprint density at radius 1 is 1.47 bits per heavy atom. The lowest BCUT2D eigenvalue weighted by molar-refractivity contribution is 0.329.